The molecule has 13 heteroatoms. The maximum atomic E-state index is 12.1. The van der Waals surface area contributed by atoms with E-state index in [4.69, 9.17) is 24.9 Å². The van der Waals surface area contributed by atoms with Crippen molar-refractivity contribution in [1.29, 1.82) is 0 Å². The second-order valence-corrected chi connectivity index (χ2v) is 8.33. The van der Waals surface area contributed by atoms with Gasteiger partial charge in [0, 0.05) is 49.9 Å². The summed E-state index contributed by atoms with van der Waals surface area (Å²) in [6.07, 6.45) is 1.50. The maximum absolute atomic E-state index is 12.1. The van der Waals surface area contributed by atoms with E-state index in [-0.39, 0.29) is 18.4 Å². The summed E-state index contributed by atoms with van der Waals surface area (Å²) < 4.78 is 15.6. The molecule has 1 aliphatic heterocycles. The van der Waals surface area contributed by atoms with Crippen LogP contribution in [0.2, 0.25) is 0 Å². The first-order valence-corrected chi connectivity index (χ1v) is 11.3. The number of benzene rings is 1. The second kappa shape index (κ2) is 11.3. The summed E-state index contributed by atoms with van der Waals surface area (Å²) in [6, 6.07) is 3.67. The summed E-state index contributed by atoms with van der Waals surface area (Å²) >= 11 is 0. The normalized spacial score (nSPS) is 13.4. The van der Waals surface area contributed by atoms with Crippen molar-refractivity contribution < 1.29 is 19.0 Å². The number of aromatic nitrogens is 4. The van der Waals surface area contributed by atoms with Crippen LogP contribution in [0.4, 0.5) is 23.5 Å². The second-order valence-electron chi connectivity index (χ2n) is 8.33. The number of anilines is 4. The predicted molar refractivity (Wildman–Crippen MR) is 141 cm³/mol. The minimum absolute atomic E-state index is 0. The van der Waals surface area contributed by atoms with Gasteiger partial charge in [0.25, 0.3) is 0 Å². The first-order chi connectivity index (χ1) is 16.8. The highest BCUT2D eigenvalue weighted by Gasteiger charge is 2.24. The average Bonchev–Trinajstić information content (AvgIpc) is 2.87. The van der Waals surface area contributed by atoms with Crippen molar-refractivity contribution in [3.63, 3.8) is 0 Å². The number of halogens is 1. The first-order valence-electron chi connectivity index (χ1n) is 11.3. The summed E-state index contributed by atoms with van der Waals surface area (Å²) in [5.41, 5.74) is 7.24. The van der Waals surface area contributed by atoms with Gasteiger partial charge in [-0.05, 0) is 19.9 Å². The van der Waals surface area contributed by atoms with Gasteiger partial charge >= 0.3 is 5.97 Å². The molecule has 1 aromatic carbocycles. The average molecular weight is 519 g/mol. The molecule has 0 bridgehead atoms. The predicted octanol–water partition coefficient (Wildman–Crippen LogP) is 2.37. The summed E-state index contributed by atoms with van der Waals surface area (Å²) in [7, 11) is 4.49. The van der Waals surface area contributed by atoms with Gasteiger partial charge in [0.15, 0.2) is 11.5 Å². The number of carbonyl (C=O) groups excluding carboxylic acids is 1. The van der Waals surface area contributed by atoms with E-state index in [1.54, 1.807) is 26.4 Å². The number of rotatable bonds is 7. The molecule has 3 aromatic rings. The summed E-state index contributed by atoms with van der Waals surface area (Å²) in [5.74, 6) is 2.58. The van der Waals surface area contributed by atoms with Crippen LogP contribution in [0.3, 0.4) is 0 Å². The molecule has 2 aromatic heterocycles. The van der Waals surface area contributed by atoms with Gasteiger partial charge in [-0.1, -0.05) is 0 Å². The molecule has 1 aliphatic rings. The molecule has 0 amide bonds. The fourth-order valence-corrected chi connectivity index (χ4v) is 3.88. The van der Waals surface area contributed by atoms with Crippen molar-refractivity contribution in [2.45, 2.75) is 19.9 Å². The van der Waals surface area contributed by atoms with Crippen LogP contribution in [-0.4, -0.2) is 79.5 Å². The van der Waals surface area contributed by atoms with Gasteiger partial charge in [-0.15, -0.1) is 12.4 Å². The zero-order valence-electron chi connectivity index (χ0n) is 20.9. The lowest BCUT2D eigenvalue weighted by Gasteiger charge is -2.35. The molecule has 36 heavy (non-hydrogen) atoms. The number of methoxy groups -OCH3 is 3. The standard InChI is InChI=1S/C23H30N8O4.ClH/c1-13(2)26-20-15(21(32)35-5)12-25-22(29-20)30-6-8-31(9-7-30)23-27-16-11-18(34-4)17(33-3)10-14(16)19(24)28-23;/h10-13H,6-9H2,1-5H3,(H2,24,27,28)(H,25,26,29);1H. The Morgan fingerprint density at radius 2 is 1.58 bits per heavy atom. The number of hydrogen-bond acceptors (Lipinski definition) is 12. The van der Waals surface area contributed by atoms with Gasteiger partial charge in [-0.25, -0.2) is 14.8 Å². The molecule has 0 aliphatic carbocycles. The molecule has 0 radical (unpaired) electrons. The summed E-state index contributed by atoms with van der Waals surface area (Å²) in [6.45, 7) is 6.53. The van der Waals surface area contributed by atoms with Crippen LogP contribution in [0.5, 0.6) is 11.5 Å². The number of nitrogen functional groups attached to an aromatic ring is 1. The van der Waals surface area contributed by atoms with E-state index in [0.29, 0.717) is 77.7 Å². The molecule has 12 nitrogen and oxygen atoms in total. The Morgan fingerprint density at radius 1 is 0.972 bits per heavy atom. The summed E-state index contributed by atoms with van der Waals surface area (Å²) in [5, 5.41) is 3.90. The van der Waals surface area contributed by atoms with E-state index in [1.165, 1.54) is 13.3 Å². The van der Waals surface area contributed by atoms with E-state index in [0.717, 1.165) is 0 Å². The van der Waals surface area contributed by atoms with Crippen molar-refractivity contribution in [2.24, 2.45) is 0 Å². The van der Waals surface area contributed by atoms with Gasteiger partial charge in [-0.3, -0.25) is 0 Å². The zero-order valence-corrected chi connectivity index (χ0v) is 21.8. The summed E-state index contributed by atoms with van der Waals surface area (Å²) in [4.78, 5) is 34.5. The largest absolute Gasteiger partial charge is 0.493 e. The highest BCUT2D eigenvalue weighted by molar-refractivity contribution is 5.94. The fourth-order valence-electron chi connectivity index (χ4n) is 3.88. The zero-order chi connectivity index (χ0) is 25.1. The quantitative estimate of drug-likeness (QED) is 0.443. The molecular weight excluding hydrogens is 488 g/mol. The number of nitrogens with two attached hydrogens (primary N) is 1. The number of esters is 1. The minimum atomic E-state index is -0.482. The number of ether oxygens (including phenoxy) is 3. The van der Waals surface area contributed by atoms with Gasteiger partial charge in [0.05, 0.1) is 26.8 Å². The van der Waals surface area contributed by atoms with Gasteiger partial charge in [-0.2, -0.15) is 9.97 Å². The molecule has 4 rings (SSSR count). The SMILES string of the molecule is COC(=O)c1cnc(N2CCN(c3nc(N)c4cc(OC)c(OC)cc4n3)CC2)nc1NC(C)C.Cl. The lowest BCUT2D eigenvalue weighted by molar-refractivity contribution is 0.0601. The Morgan fingerprint density at radius 3 is 2.17 bits per heavy atom. The Labute approximate surface area is 215 Å². The molecule has 194 valence electrons. The van der Waals surface area contributed by atoms with E-state index in [2.05, 4.69) is 30.1 Å². The number of fused-ring (bicyclic) bond motifs is 1. The van der Waals surface area contributed by atoms with Crippen LogP contribution in [0.25, 0.3) is 10.9 Å². The Bertz CT molecular complexity index is 1230. The van der Waals surface area contributed by atoms with E-state index in [1.807, 2.05) is 13.8 Å². The lowest BCUT2D eigenvalue weighted by Crippen LogP contribution is -2.47. The van der Waals surface area contributed by atoms with Gasteiger partial charge in [0.2, 0.25) is 11.9 Å². The third-order valence-electron chi connectivity index (χ3n) is 5.67. The molecule has 0 spiro atoms. The Hall–Kier alpha value is -3.80. The van der Waals surface area contributed by atoms with Crippen LogP contribution in [0.1, 0.15) is 24.2 Å². The first kappa shape index (κ1) is 26.8. The van der Waals surface area contributed by atoms with Crippen molar-refractivity contribution >= 4 is 52.8 Å². The number of hydrogen-bond donors (Lipinski definition) is 2. The van der Waals surface area contributed by atoms with Crippen molar-refractivity contribution in [1.82, 2.24) is 19.9 Å². The molecule has 3 N–H and O–H groups in total. The third kappa shape index (κ3) is 5.38. The van der Waals surface area contributed by atoms with Gasteiger partial charge in [0.1, 0.15) is 17.2 Å². The Balaban J connectivity index is 0.00000361. The van der Waals surface area contributed by atoms with Crippen LogP contribution in [0.15, 0.2) is 18.3 Å². The molecule has 1 fully saturated rings. The highest BCUT2D eigenvalue weighted by atomic mass is 35.5. The molecule has 0 unspecified atom stereocenters. The smallest absolute Gasteiger partial charge is 0.343 e. The maximum Gasteiger partial charge on any atom is 0.343 e. The lowest BCUT2D eigenvalue weighted by atomic mass is 10.2. The van der Waals surface area contributed by atoms with Crippen LogP contribution in [-0.2, 0) is 4.74 Å². The van der Waals surface area contributed by atoms with Crippen molar-refractivity contribution in [3.05, 3.63) is 23.9 Å². The number of nitrogens with one attached hydrogen (secondary N) is 1. The molecular formula is C23H31ClN8O4. The Kier molecular flexibility index (Phi) is 8.41. The fraction of sp³-hybridized carbons (Fsp3) is 0.435. The molecule has 0 atom stereocenters. The number of carbonyl (C=O) groups is 1. The van der Waals surface area contributed by atoms with Crippen molar-refractivity contribution in [3.8, 4) is 11.5 Å². The topological polar surface area (TPSA) is 141 Å². The molecule has 1 saturated heterocycles. The highest BCUT2D eigenvalue weighted by Crippen LogP contribution is 2.34. The molecule has 3 heterocycles. The van der Waals surface area contributed by atoms with E-state index >= 15 is 0 Å². The minimum Gasteiger partial charge on any atom is -0.493 e. The van der Waals surface area contributed by atoms with Crippen molar-refractivity contribution in [2.75, 3.05) is 68.4 Å². The number of nitrogens with zero attached hydrogens (tertiary/aromatic N) is 6. The monoisotopic (exact) mass is 518 g/mol. The van der Waals surface area contributed by atoms with E-state index in [9.17, 15) is 4.79 Å². The van der Waals surface area contributed by atoms with Crippen LogP contribution >= 0.6 is 12.4 Å². The van der Waals surface area contributed by atoms with Gasteiger partial charge < -0.3 is 35.1 Å². The number of piperazine rings is 1. The van der Waals surface area contributed by atoms with Crippen LogP contribution in [0, 0.1) is 0 Å². The van der Waals surface area contributed by atoms with Crippen LogP contribution < -0.4 is 30.3 Å². The van der Waals surface area contributed by atoms with E-state index < -0.39 is 5.97 Å². The third-order valence-corrected chi connectivity index (χ3v) is 5.67. The molecule has 0 saturated carbocycles.